The van der Waals surface area contributed by atoms with Crippen LogP contribution >= 0.6 is 11.8 Å². The number of hydrogen-bond acceptors (Lipinski definition) is 5. The number of thioether (sulfide) groups is 1. The molecule has 0 aromatic heterocycles. The summed E-state index contributed by atoms with van der Waals surface area (Å²) >= 11 is 1.32. The molecule has 0 bridgehead atoms. The number of aldehydes is 1. The first kappa shape index (κ1) is 9.05. The van der Waals surface area contributed by atoms with Gasteiger partial charge >= 0.3 is 5.70 Å². The molecule has 0 unspecified atom stereocenters. The number of hydrogen-bond donors (Lipinski definition) is 1. The van der Waals surface area contributed by atoms with Gasteiger partial charge in [-0.05, 0) is 6.42 Å². The zero-order chi connectivity index (χ0) is 8.97. The number of allylic oxidation sites excluding steroid dienone is 1. The van der Waals surface area contributed by atoms with E-state index in [0.717, 1.165) is 12.2 Å². The summed E-state index contributed by atoms with van der Waals surface area (Å²) in [6, 6.07) is 0. The molecule has 0 aromatic carbocycles. The van der Waals surface area contributed by atoms with E-state index in [9.17, 15) is 14.9 Å². The van der Waals surface area contributed by atoms with Gasteiger partial charge in [-0.25, -0.2) is 0 Å². The summed E-state index contributed by atoms with van der Waals surface area (Å²) in [6.45, 7) is 0.702. The van der Waals surface area contributed by atoms with Crippen molar-refractivity contribution in [2.75, 3.05) is 12.3 Å². The van der Waals surface area contributed by atoms with Crippen LogP contribution in [0.3, 0.4) is 0 Å². The molecule has 1 saturated heterocycles. The highest BCUT2D eigenvalue weighted by molar-refractivity contribution is 8.03. The van der Waals surface area contributed by atoms with Crippen molar-refractivity contribution in [3.05, 3.63) is 20.8 Å². The fourth-order valence-electron chi connectivity index (χ4n) is 0.843. The lowest BCUT2D eigenvalue weighted by atomic mass is 10.4. The SMILES string of the molecule is O=CC(=C1NCCCS1)[N+](=O)[O-]. The Balaban J connectivity index is 2.82. The van der Waals surface area contributed by atoms with E-state index in [0.29, 0.717) is 11.6 Å². The van der Waals surface area contributed by atoms with Crippen molar-refractivity contribution in [2.24, 2.45) is 0 Å². The fraction of sp³-hybridized carbons (Fsp3) is 0.500. The third-order valence-corrected chi connectivity index (χ3v) is 2.53. The molecule has 1 aliphatic rings. The molecule has 1 heterocycles. The van der Waals surface area contributed by atoms with E-state index >= 15 is 0 Å². The fourth-order valence-corrected chi connectivity index (χ4v) is 1.81. The van der Waals surface area contributed by atoms with Crippen LogP contribution in [0.25, 0.3) is 0 Å². The maximum Gasteiger partial charge on any atom is 0.338 e. The van der Waals surface area contributed by atoms with Crippen molar-refractivity contribution in [3.63, 3.8) is 0 Å². The van der Waals surface area contributed by atoms with Crippen LogP contribution in [0.1, 0.15) is 6.42 Å². The average molecular weight is 188 g/mol. The molecule has 6 heteroatoms. The predicted octanol–water partition coefficient (Wildman–Crippen LogP) is 0.358. The van der Waals surface area contributed by atoms with Crippen LogP contribution in [0, 0.1) is 10.1 Å². The van der Waals surface area contributed by atoms with Gasteiger partial charge < -0.3 is 5.32 Å². The van der Waals surface area contributed by atoms with Crippen LogP contribution in [0.2, 0.25) is 0 Å². The Morgan fingerprint density at radius 3 is 2.92 bits per heavy atom. The number of nitrogens with zero attached hydrogens (tertiary/aromatic N) is 1. The van der Waals surface area contributed by atoms with Gasteiger partial charge in [0.15, 0.2) is 5.03 Å². The Labute approximate surface area is 73.4 Å². The smallest absolute Gasteiger partial charge is 0.338 e. The van der Waals surface area contributed by atoms with Crippen LogP contribution in [0.5, 0.6) is 0 Å². The molecule has 0 amide bonds. The van der Waals surface area contributed by atoms with Gasteiger partial charge in [0.1, 0.15) is 0 Å². The Morgan fingerprint density at radius 2 is 2.50 bits per heavy atom. The number of nitro groups is 1. The van der Waals surface area contributed by atoms with Gasteiger partial charge in [0.25, 0.3) is 0 Å². The summed E-state index contributed by atoms with van der Waals surface area (Å²) in [7, 11) is 0. The van der Waals surface area contributed by atoms with Crippen LogP contribution in [-0.2, 0) is 4.79 Å². The number of carbonyl (C=O) groups is 1. The van der Waals surface area contributed by atoms with Crippen LogP contribution in [0.15, 0.2) is 10.7 Å². The zero-order valence-electron chi connectivity index (χ0n) is 6.28. The van der Waals surface area contributed by atoms with Crippen LogP contribution < -0.4 is 5.32 Å². The summed E-state index contributed by atoms with van der Waals surface area (Å²) in [5.74, 6) is 0.827. The molecular formula is C6H8N2O3S. The molecule has 1 N–H and O–H groups in total. The van der Waals surface area contributed by atoms with E-state index in [1.54, 1.807) is 0 Å². The van der Waals surface area contributed by atoms with Crippen molar-refractivity contribution in [1.82, 2.24) is 5.32 Å². The second-order valence-corrected chi connectivity index (χ2v) is 3.32. The molecule has 1 aliphatic heterocycles. The topological polar surface area (TPSA) is 72.2 Å². The standard InChI is InChI=1S/C6H8N2O3S/c9-4-5(8(10)11)6-7-2-1-3-12-6/h4,7H,1-3H2. The lowest BCUT2D eigenvalue weighted by Crippen LogP contribution is -2.22. The van der Waals surface area contributed by atoms with Crippen molar-refractivity contribution >= 4 is 18.0 Å². The zero-order valence-corrected chi connectivity index (χ0v) is 7.10. The van der Waals surface area contributed by atoms with E-state index in [2.05, 4.69) is 5.32 Å². The van der Waals surface area contributed by atoms with Crippen molar-refractivity contribution in [2.45, 2.75) is 6.42 Å². The minimum Gasteiger partial charge on any atom is -0.374 e. The lowest BCUT2D eigenvalue weighted by Gasteiger charge is -2.14. The number of rotatable bonds is 2. The summed E-state index contributed by atoms with van der Waals surface area (Å²) in [4.78, 5) is 19.9. The largest absolute Gasteiger partial charge is 0.374 e. The molecule has 0 saturated carbocycles. The van der Waals surface area contributed by atoms with E-state index in [4.69, 9.17) is 0 Å². The average Bonchev–Trinajstić information content (AvgIpc) is 2.07. The van der Waals surface area contributed by atoms with Gasteiger partial charge in [0.2, 0.25) is 6.29 Å². The molecule has 12 heavy (non-hydrogen) atoms. The quantitative estimate of drug-likeness (QED) is 0.293. The summed E-state index contributed by atoms with van der Waals surface area (Å²) in [6.07, 6.45) is 1.25. The Bertz CT molecular complexity index is 231. The van der Waals surface area contributed by atoms with Crippen LogP contribution in [0.4, 0.5) is 0 Å². The predicted molar refractivity (Wildman–Crippen MR) is 45.2 cm³/mol. The van der Waals surface area contributed by atoms with Crippen molar-refractivity contribution in [1.29, 1.82) is 0 Å². The highest BCUT2D eigenvalue weighted by Crippen LogP contribution is 2.20. The highest BCUT2D eigenvalue weighted by Gasteiger charge is 2.19. The van der Waals surface area contributed by atoms with Crippen molar-refractivity contribution in [3.8, 4) is 0 Å². The van der Waals surface area contributed by atoms with Gasteiger partial charge in [-0.2, -0.15) is 0 Å². The van der Waals surface area contributed by atoms with Gasteiger partial charge in [-0.15, -0.1) is 11.8 Å². The minimum atomic E-state index is -0.659. The number of carbonyl (C=O) groups excluding carboxylic acids is 1. The Morgan fingerprint density at radius 1 is 1.75 bits per heavy atom. The summed E-state index contributed by atoms with van der Waals surface area (Å²) in [5, 5.41) is 13.5. The summed E-state index contributed by atoms with van der Waals surface area (Å²) < 4.78 is 0. The molecule has 0 aliphatic carbocycles. The minimum absolute atomic E-state index is 0.278. The number of nitrogens with one attached hydrogen (secondary N) is 1. The van der Waals surface area contributed by atoms with Gasteiger partial charge in [-0.1, -0.05) is 0 Å². The van der Waals surface area contributed by atoms with Gasteiger partial charge in [0.05, 0.1) is 4.92 Å². The van der Waals surface area contributed by atoms with E-state index in [1.165, 1.54) is 11.8 Å². The second kappa shape index (κ2) is 4.10. The highest BCUT2D eigenvalue weighted by atomic mass is 32.2. The first-order chi connectivity index (χ1) is 5.75. The molecule has 1 rings (SSSR count). The molecule has 5 nitrogen and oxygen atoms in total. The summed E-state index contributed by atoms with van der Waals surface area (Å²) in [5.41, 5.74) is -0.361. The van der Waals surface area contributed by atoms with E-state index < -0.39 is 4.92 Å². The first-order valence-corrected chi connectivity index (χ1v) is 4.45. The van der Waals surface area contributed by atoms with E-state index in [-0.39, 0.29) is 12.0 Å². The molecule has 0 atom stereocenters. The third kappa shape index (κ3) is 1.97. The van der Waals surface area contributed by atoms with Crippen LogP contribution in [-0.4, -0.2) is 23.5 Å². The molecule has 0 radical (unpaired) electrons. The monoisotopic (exact) mass is 188 g/mol. The molecule has 1 fully saturated rings. The second-order valence-electron chi connectivity index (χ2n) is 2.22. The Kier molecular flexibility index (Phi) is 3.09. The van der Waals surface area contributed by atoms with Gasteiger partial charge in [-0.3, -0.25) is 14.9 Å². The van der Waals surface area contributed by atoms with Crippen molar-refractivity contribution < 1.29 is 9.72 Å². The molecule has 66 valence electrons. The first-order valence-electron chi connectivity index (χ1n) is 3.46. The van der Waals surface area contributed by atoms with Gasteiger partial charge in [0, 0.05) is 12.3 Å². The maximum atomic E-state index is 10.3. The lowest BCUT2D eigenvalue weighted by molar-refractivity contribution is -0.418. The molecule has 0 spiro atoms. The maximum absolute atomic E-state index is 10.3. The molecular weight excluding hydrogens is 180 g/mol. The third-order valence-electron chi connectivity index (χ3n) is 1.39. The Hall–Kier alpha value is -1.04. The normalized spacial score (nSPS) is 21.0. The van der Waals surface area contributed by atoms with E-state index in [1.807, 2.05) is 0 Å². The molecule has 0 aromatic rings.